The third-order valence-electron chi connectivity index (χ3n) is 3.94. The average molecular weight is 466 g/mol. The lowest BCUT2D eigenvalue weighted by Gasteiger charge is -2.15. The predicted molar refractivity (Wildman–Crippen MR) is 111 cm³/mol. The number of carbonyl (C=O) groups is 2. The number of amides is 1. The summed E-state index contributed by atoms with van der Waals surface area (Å²) in [5, 5.41) is 9.84. The van der Waals surface area contributed by atoms with Gasteiger partial charge in [0.05, 0.1) is 11.1 Å². The minimum Gasteiger partial charge on any atom is -0.481 e. The van der Waals surface area contributed by atoms with Gasteiger partial charge in [0, 0.05) is 24.9 Å². The van der Waals surface area contributed by atoms with Crippen LogP contribution in [0.1, 0.15) is 28.4 Å². The highest BCUT2D eigenvalue weighted by atomic mass is 19.4. The van der Waals surface area contributed by atoms with Crippen molar-refractivity contribution in [1.82, 2.24) is 4.98 Å². The highest BCUT2D eigenvalue weighted by molar-refractivity contribution is 6.06. The number of aromatic nitrogens is 1. The summed E-state index contributed by atoms with van der Waals surface area (Å²) in [5.41, 5.74) is -1.18. The molecule has 1 aromatic heterocycles. The summed E-state index contributed by atoms with van der Waals surface area (Å²) in [5.74, 6) is -2.42. The lowest BCUT2D eigenvalue weighted by Crippen LogP contribution is -2.16. The number of hydrogen-bond acceptors (Lipinski definition) is 4. The Morgan fingerprint density at radius 3 is 2.27 bits per heavy atom. The third-order valence-corrected chi connectivity index (χ3v) is 3.94. The molecule has 1 heterocycles. The quantitative estimate of drug-likeness (QED) is 0.470. The highest BCUT2D eigenvalue weighted by Crippen LogP contribution is 2.36. The summed E-state index contributed by atoms with van der Waals surface area (Å²) in [4.78, 5) is 35.3. The number of H-pyrrole nitrogens is 1. The average Bonchev–Trinajstić information content (AvgIpc) is 2.69. The van der Waals surface area contributed by atoms with Gasteiger partial charge in [-0.05, 0) is 55.0 Å². The van der Waals surface area contributed by atoms with Crippen LogP contribution in [0.4, 0.5) is 23.2 Å². The van der Waals surface area contributed by atoms with Crippen molar-refractivity contribution in [2.75, 3.05) is 5.32 Å². The third kappa shape index (κ3) is 7.49. The van der Waals surface area contributed by atoms with Crippen LogP contribution in [0.3, 0.4) is 0 Å². The van der Waals surface area contributed by atoms with Crippen LogP contribution in [0.5, 0.6) is 11.5 Å². The van der Waals surface area contributed by atoms with Crippen LogP contribution >= 0.6 is 0 Å². The fourth-order valence-corrected chi connectivity index (χ4v) is 2.54. The van der Waals surface area contributed by atoms with E-state index < -0.39 is 35.0 Å². The van der Waals surface area contributed by atoms with Crippen molar-refractivity contribution in [3.05, 3.63) is 87.6 Å². The number of aromatic amines is 1. The molecule has 3 N–H and O–H groups in total. The maximum atomic E-state index is 13.3. The number of carbonyl (C=O) groups excluding carboxylic acids is 1. The summed E-state index contributed by atoms with van der Waals surface area (Å²) in [6, 6.07) is 8.43. The maximum absolute atomic E-state index is 13.3. The number of anilines is 1. The number of aryl methyl sites for hydroxylation is 1. The second-order valence-corrected chi connectivity index (χ2v) is 6.64. The molecule has 11 heteroatoms. The number of nitrogens with one attached hydrogen (secondary N) is 2. The number of benzene rings is 2. The lowest BCUT2D eigenvalue weighted by atomic mass is 10.1. The van der Waals surface area contributed by atoms with Gasteiger partial charge in [0.2, 0.25) is 5.56 Å². The van der Waals surface area contributed by atoms with E-state index in [0.29, 0.717) is 11.6 Å². The molecule has 0 aliphatic rings. The van der Waals surface area contributed by atoms with E-state index in [1.807, 2.05) is 0 Å². The van der Waals surface area contributed by atoms with Gasteiger partial charge in [-0.3, -0.25) is 14.4 Å². The number of alkyl halides is 3. The second-order valence-electron chi connectivity index (χ2n) is 6.64. The highest BCUT2D eigenvalue weighted by Gasteiger charge is 2.32. The predicted octanol–water partition coefficient (Wildman–Crippen LogP) is 4.98. The van der Waals surface area contributed by atoms with Crippen LogP contribution in [-0.2, 0) is 11.0 Å². The van der Waals surface area contributed by atoms with Crippen molar-refractivity contribution in [2.24, 2.45) is 0 Å². The van der Waals surface area contributed by atoms with Crippen LogP contribution in [0.2, 0.25) is 0 Å². The van der Waals surface area contributed by atoms with Gasteiger partial charge in [-0.1, -0.05) is 0 Å². The molecule has 1 amide bonds. The van der Waals surface area contributed by atoms with Crippen LogP contribution in [0.15, 0.2) is 59.5 Å². The Bertz CT molecular complexity index is 1220. The van der Waals surface area contributed by atoms with E-state index in [0.717, 1.165) is 37.3 Å². The molecule has 0 saturated heterocycles. The first-order valence-electron chi connectivity index (χ1n) is 9.21. The van der Waals surface area contributed by atoms with Gasteiger partial charge in [0.1, 0.15) is 17.3 Å². The smallest absolute Gasteiger partial charge is 0.416 e. The van der Waals surface area contributed by atoms with Gasteiger partial charge in [0.25, 0.3) is 11.9 Å². The number of carboxylic acid groups (broad SMARTS) is 1. The van der Waals surface area contributed by atoms with Gasteiger partial charge in [0.15, 0.2) is 0 Å². The molecule has 0 aliphatic carbocycles. The molecular formula is C22H18F4N2O5. The van der Waals surface area contributed by atoms with Gasteiger partial charge in [-0.2, -0.15) is 13.2 Å². The van der Waals surface area contributed by atoms with Gasteiger partial charge < -0.3 is 20.1 Å². The van der Waals surface area contributed by atoms with E-state index in [2.05, 4.69) is 10.3 Å². The number of rotatable bonds is 4. The van der Waals surface area contributed by atoms with Crippen LogP contribution in [-0.4, -0.2) is 22.0 Å². The first-order valence-corrected chi connectivity index (χ1v) is 9.21. The lowest BCUT2D eigenvalue weighted by molar-refractivity contribution is -0.137. The number of hydrogen-bond donors (Lipinski definition) is 3. The SMILES string of the molecule is CC(=O)O.Cc1cc(F)ccc1Oc1cc(C(F)(F)F)ccc1C(=O)Nc1cc[nH]c(=O)c1. The first kappa shape index (κ1) is 25.1. The van der Waals surface area contributed by atoms with Crippen molar-refractivity contribution < 1.29 is 37.0 Å². The van der Waals surface area contributed by atoms with Crippen molar-refractivity contribution in [2.45, 2.75) is 20.0 Å². The molecular weight excluding hydrogens is 448 g/mol. The van der Waals surface area contributed by atoms with Crippen LogP contribution in [0.25, 0.3) is 0 Å². The molecule has 0 aliphatic heterocycles. The monoisotopic (exact) mass is 466 g/mol. The molecule has 0 saturated carbocycles. The second kappa shape index (κ2) is 10.4. The minimum absolute atomic E-state index is 0.0935. The number of carboxylic acids is 1. The Morgan fingerprint density at radius 2 is 1.70 bits per heavy atom. The fraction of sp³-hybridized carbons (Fsp3) is 0.136. The van der Waals surface area contributed by atoms with Crippen LogP contribution in [0, 0.1) is 12.7 Å². The molecule has 2 aromatic carbocycles. The van der Waals surface area contributed by atoms with Crippen LogP contribution < -0.4 is 15.6 Å². The Balaban J connectivity index is 0.000000890. The molecule has 0 bridgehead atoms. The van der Waals surface area contributed by atoms with Crippen molar-refractivity contribution in [3.63, 3.8) is 0 Å². The normalized spacial score (nSPS) is 10.6. The Labute approximate surface area is 184 Å². The number of ether oxygens (including phenoxy) is 1. The fourth-order valence-electron chi connectivity index (χ4n) is 2.54. The van der Waals surface area contributed by atoms with Gasteiger partial charge in [-0.25, -0.2) is 4.39 Å². The molecule has 174 valence electrons. The van der Waals surface area contributed by atoms with E-state index in [4.69, 9.17) is 14.6 Å². The standard InChI is InChI=1S/C20H14F4N2O3.C2H4O2/c1-11-8-13(21)3-5-16(11)29-17-9-12(20(22,23)24)2-4-15(17)19(28)26-14-6-7-25-18(27)10-14;1-2(3)4/h2-10H,1H3,(H2,25,26,27,28);1H3,(H,3,4). The number of pyridine rings is 1. The molecule has 0 spiro atoms. The Morgan fingerprint density at radius 1 is 1.03 bits per heavy atom. The summed E-state index contributed by atoms with van der Waals surface area (Å²) in [6.07, 6.45) is -3.35. The van der Waals surface area contributed by atoms with E-state index in [1.54, 1.807) is 0 Å². The minimum atomic E-state index is -4.66. The van der Waals surface area contributed by atoms with Gasteiger partial charge >= 0.3 is 6.18 Å². The molecule has 3 aromatic rings. The molecule has 7 nitrogen and oxygen atoms in total. The molecule has 0 atom stereocenters. The van der Waals surface area contributed by atoms with Gasteiger partial charge in [-0.15, -0.1) is 0 Å². The zero-order valence-corrected chi connectivity index (χ0v) is 17.3. The topological polar surface area (TPSA) is 108 Å². The molecule has 33 heavy (non-hydrogen) atoms. The summed E-state index contributed by atoms with van der Waals surface area (Å²) < 4.78 is 58.2. The van der Waals surface area contributed by atoms with E-state index in [1.165, 1.54) is 25.3 Å². The number of aliphatic carboxylic acids is 1. The number of halogens is 4. The first-order chi connectivity index (χ1) is 15.4. The Hall–Kier alpha value is -4.15. The Kier molecular flexibility index (Phi) is 7.95. The van der Waals surface area contributed by atoms with Crippen molar-refractivity contribution >= 4 is 17.6 Å². The zero-order chi connectivity index (χ0) is 24.8. The van der Waals surface area contributed by atoms with E-state index in [-0.39, 0.29) is 22.7 Å². The summed E-state index contributed by atoms with van der Waals surface area (Å²) in [7, 11) is 0. The zero-order valence-electron chi connectivity index (χ0n) is 17.3. The van der Waals surface area contributed by atoms with Crippen molar-refractivity contribution in [3.8, 4) is 11.5 Å². The molecule has 0 unspecified atom stereocenters. The summed E-state index contributed by atoms with van der Waals surface area (Å²) >= 11 is 0. The van der Waals surface area contributed by atoms with E-state index >= 15 is 0 Å². The van der Waals surface area contributed by atoms with E-state index in [9.17, 15) is 27.2 Å². The van der Waals surface area contributed by atoms with Crippen molar-refractivity contribution in [1.29, 1.82) is 0 Å². The summed E-state index contributed by atoms with van der Waals surface area (Å²) in [6.45, 7) is 2.60. The maximum Gasteiger partial charge on any atom is 0.416 e. The molecule has 3 rings (SSSR count). The molecule has 0 fully saturated rings. The molecule has 0 radical (unpaired) electrons. The largest absolute Gasteiger partial charge is 0.481 e.